The highest BCUT2D eigenvalue weighted by atomic mass is 19.1. The summed E-state index contributed by atoms with van der Waals surface area (Å²) in [5, 5.41) is 10.9. The molecule has 1 amide bonds. The summed E-state index contributed by atoms with van der Waals surface area (Å²) in [6, 6.07) is 7.96. The number of amides is 1. The van der Waals surface area contributed by atoms with Crippen molar-refractivity contribution in [2.24, 2.45) is 5.92 Å². The van der Waals surface area contributed by atoms with Gasteiger partial charge in [0.25, 0.3) is 0 Å². The third-order valence-electron chi connectivity index (χ3n) is 2.87. The van der Waals surface area contributed by atoms with Crippen molar-refractivity contribution >= 4 is 17.6 Å². The van der Waals surface area contributed by atoms with Gasteiger partial charge in [0, 0.05) is 5.69 Å². The van der Waals surface area contributed by atoms with Crippen LogP contribution in [0.3, 0.4) is 0 Å². The molecule has 0 bridgehead atoms. The van der Waals surface area contributed by atoms with Gasteiger partial charge in [-0.1, -0.05) is 32.0 Å². The number of benzene rings is 1. The Balaban J connectivity index is 2.93. The van der Waals surface area contributed by atoms with Crippen LogP contribution in [-0.4, -0.2) is 36.4 Å². The minimum absolute atomic E-state index is 0.167. The number of aliphatic carboxylic acids is 1. The molecule has 5 nitrogen and oxygen atoms in total. The molecule has 0 aromatic heterocycles. The summed E-state index contributed by atoms with van der Waals surface area (Å²) < 4.78 is 13.3. The lowest BCUT2D eigenvalue weighted by Gasteiger charge is -2.32. The molecule has 1 aromatic rings. The van der Waals surface area contributed by atoms with Crippen LogP contribution in [0.2, 0.25) is 0 Å². The number of carboxylic acids is 1. The maximum atomic E-state index is 13.3. The van der Waals surface area contributed by atoms with Crippen molar-refractivity contribution in [1.82, 2.24) is 5.32 Å². The Labute approximate surface area is 117 Å². The summed E-state index contributed by atoms with van der Waals surface area (Å²) >= 11 is 0. The fourth-order valence-corrected chi connectivity index (χ4v) is 1.99. The molecule has 1 aromatic carbocycles. The first-order chi connectivity index (χ1) is 9.47. The van der Waals surface area contributed by atoms with Crippen LogP contribution in [-0.2, 0) is 9.59 Å². The van der Waals surface area contributed by atoms with E-state index in [0.29, 0.717) is 5.69 Å². The zero-order valence-corrected chi connectivity index (χ0v) is 11.5. The molecule has 0 aliphatic heterocycles. The third-order valence-corrected chi connectivity index (χ3v) is 2.87. The quantitative estimate of drug-likeness (QED) is 0.746. The van der Waals surface area contributed by atoms with Crippen LogP contribution in [0, 0.1) is 5.92 Å². The summed E-state index contributed by atoms with van der Waals surface area (Å²) in [5.74, 6) is -1.80. The van der Waals surface area contributed by atoms with E-state index >= 15 is 0 Å². The Bertz CT molecular complexity index is 451. The van der Waals surface area contributed by atoms with Crippen LogP contribution in [0.1, 0.15) is 13.8 Å². The summed E-state index contributed by atoms with van der Waals surface area (Å²) in [5.41, 5.74) is 0.583. The maximum Gasteiger partial charge on any atom is 0.322 e. The molecule has 20 heavy (non-hydrogen) atoms. The number of rotatable bonds is 7. The van der Waals surface area contributed by atoms with Gasteiger partial charge in [-0.15, -0.1) is 0 Å². The number of carbonyl (C=O) groups is 2. The number of alkyl halides is 1. The first kappa shape index (κ1) is 15.9. The van der Waals surface area contributed by atoms with Crippen molar-refractivity contribution < 1.29 is 19.1 Å². The lowest BCUT2D eigenvalue weighted by Crippen LogP contribution is -2.50. The Morgan fingerprint density at radius 1 is 1.30 bits per heavy atom. The Morgan fingerprint density at radius 3 is 2.35 bits per heavy atom. The predicted octanol–water partition coefficient (Wildman–Crippen LogP) is 1.65. The van der Waals surface area contributed by atoms with Gasteiger partial charge in [0.1, 0.15) is 12.6 Å². The number of hydrogen-bond acceptors (Lipinski definition) is 3. The number of nitrogens with one attached hydrogen (secondary N) is 1. The Morgan fingerprint density at radius 2 is 1.90 bits per heavy atom. The van der Waals surface area contributed by atoms with Gasteiger partial charge >= 0.3 is 5.97 Å². The third kappa shape index (κ3) is 4.22. The zero-order valence-electron chi connectivity index (χ0n) is 11.5. The van der Waals surface area contributed by atoms with E-state index in [4.69, 9.17) is 5.11 Å². The molecule has 0 saturated heterocycles. The first-order valence-corrected chi connectivity index (χ1v) is 6.34. The van der Waals surface area contributed by atoms with Crippen molar-refractivity contribution in [1.29, 1.82) is 0 Å². The Kier molecular flexibility index (Phi) is 5.96. The number of carbonyl (C=O) groups excluding carboxylic acids is 1. The lowest BCUT2D eigenvalue weighted by molar-refractivity contribution is -0.138. The molecule has 0 unspecified atom stereocenters. The number of hydrogen-bond donors (Lipinski definition) is 2. The van der Waals surface area contributed by atoms with Crippen molar-refractivity contribution in [3.05, 3.63) is 30.3 Å². The molecular formula is C14H19FN2O3. The van der Waals surface area contributed by atoms with Gasteiger partial charge in [-0.3, -0.25) is 9.59 Å². The molecule has 1 rings (SSSR count). The minimum Gasteiger partial charge on any atom is -0.480 e. The topological polar surface area (TPSA) is 69.6 Å². The fourth-order valence-electron chi connectivity index (χ4n) is 1.99. The molecule has 0 aliphatic carbocycles. The van der Waals surface area contributed by atoms with E-state index in [0.717, 1.165) is 0 Å². The Hall–Kier alpha value is -2.11. The van der Waals surface area contributed by atoms with Gasteiger partial charge < -0.3 is 15.3 Å². The van der Waals surface area contributed by atoms with E-state index < -0.39 is 31.3 Å². The van der Waals surface area contributed by atoms with Crippen molar-refractivity contribution in [3.63, 3.8) is 0 Å². The molecule has 0 aliphatic rings. The molecular weight excluding hydrogens is 263 g/mol. The largest absolute Gasteiger partial charge is 0.480 e. The summed E-state index contributed by atoms with van der Waals surface area (Å²) in [7, 11) is 0. The van der Waals surface area contributed by atoms with E-state index in [2.05, 4.69) is 5.32 Å². The normalized spacial score (nSPS) is 12.0. The SMILES string of the molecule is CC(C)[C@@H](C(=O)NCC(=O)O)N(CF)c1ccccc1. The van der Waals surface area contributed by atoms with Crippen molar-refractivity contribution in [3.8, 4) is 0 Å². The molecule has 0 saturated carbocycles. The van der Waals surface area contributed by atoms with Gasteiger partial charge in [-0.25, -0.2) is 4.39 Å². The molecule has 6 heteroatoms. The van der Waals surface area contributed by atoms with Gasteiger partial charge in [0.05, 0.1) is 0 Å². The molecule has 1 atom stereocenters. The van der Waals surface area contributed by atoms with E-state index in [-0.39, 0.29) is 5.92 Å². The highest BCUT2D eigenvalue weighted by molar-refractivity contribution is 5.88. The summed E-state index contributed by atoms with van der Waals surface area (Å²) in [6.07, 6.45) is 0. The van der Waals surface area contributed by atoms with Crippen LogP contribution in [0.5, 0.6) is 0 Å². The average molecular weight is 282 g/mol. The predicted molar refractivity (Wildman–Crippen MR) is 74.2 cm³/mol. The van der Waals surface area contributed by atoms with Gasteiger partial charge in [0.2, 0.25) is 5.91 Å². The van der Waals surface area contributed by atoms with Crippen LogP contribution in [0.15, 0.2) is 30.3 Å². The standard InChI is InChI=1S/C14H19FN2O3/c1-10(2)13(14(20)16-8-12(18)19)17(9-15)11-6-4-3-5-7-11/h3-7,10,13H,8-9H2,1-2H3,(H,16,20)(H,18,19)/t13-/m0/s1. The number of anilines is 1. The van der Waals surface area contributed by atoms with E-state index in [9.17, 15) is 14.0 Å². The number of para-hydroxylation sites is 1. The second kappa shape index (κ2) is 7.47. The van der Waals surface area contributed by atoms with Crippen LogP contribution in [0.25, 0.3) is 0 Å². The number of nitrogens with zero attached hydrogens (tertiary/aromatic N) is 1. The molecule has 0 radical (unpaired) electrons. The van der Waals surface area contributed by atoms with E-state index in [1.807, 2.05) is 0 Å². The maximum absolute atomic E-state index is 13.3. The second-order valence-electron chi connectivity index (χ2n) is 4.73. The molecule has 0 fully saturated rings. The molecule has 0 spiro atoms. The monoisotopic (exact) mass is 282 g/mol. The molecule has 2 N–H and O–H groups in total. The zero-order chi connectivity index (χ0) is 15.1. The average Bonchev–Trinajstić information content (AvgIpc) is 2.42. The van der Waals surface area contributed by atoms with Gasteiger partial charge in [0.15, 0.2) is 6.80 Å². The second-order valence-corrected chi connectivity index (χ2v) is 4.73. The highest BCUT2D eigenvalue weighted by Crippen LogP contribution is 2.21. The minimum atomic E-state index is -1.13. The van der Waals surface area contributed by atoms with Crippen LogP contribution < -0.4 is 10.2 Å². The molecule has 110 valence electrons. The number of carboxylic acid groups (broad SMARTS) is 1. The first-order valence-electron chi connectivity index (χ1n) is 6.34. The summed E-state index contributed by atoms with van der Waals surface area (Å²) in [4.78, 5) is 23.9. The van der Waals surface area contributed by atoms with Gasteiger partial charge in [-0.05, 0) is 18.1 Å². The van der Waals surface area contributed by atoms with Crippen LogP contribution >= 0.6 is 0 Å². The smallest absolute Gasteiger partial charge is 0.322 e. The van der Waals surface area contributed by atoms with E-state index in [1.54, 1.807) is 44.2 Å². The highest BCUT2D eigenvalue weighted by Gasteiger charge is 2.29. The molecule has 0 heterocycles. The van der Waals surface area contributed by atoms with Crippen LogP contribution in [0.4, 0.5) is 10.1 Å². The van der Waals surface area contributed by atoms with Gasteiger partial charge in [-0.2, -0.15) is 0 Å². The summed E-state index contributed by atoms with van der Waals surface area (Å²) in [6.45, 7) is 2.28. The lowest BCUT2D eigenvalue weighted by atomic mass is 10.0. The number of halogens is 1. The fraction of sp³-hybridized carbons (Fsp3) is 0.429. The van der Waals surface area contributed by atoms with E-state index in [1.165, 1.54) is 4.90 Å². The van der Waals surface area contributed by atoms with Crippen molar-refractivity contribution in [2.75, 3.05) is 18.2 Å². The van der Waals surface area contributed by atoms with Crippen molar-refractivity contribution in [2.45, 2.75) is 19.9 Å².